The first-order chi connectivity index (χ1) is 8.20. The largest absolute Gasteiger partial charge is 0.399 e. The van der Waals surface area contributed by atoms with Crippen LogP contribution in [0.5, 0.6) is 0 Å². The first kappa shape index (κ1) is 11.8. The van der Waals surface area contributed by atoms with Crippen LogP contribution in [0.25, 0.3) is 0 Å². The number of benzene rings is 1. The third kappa shape index (κ3) is 2.73. The van der Waals surface area contributed by atoms with Gasteiger partial charge in [0.1, 0.15) is 0 Å². The van der Waals surface area contributed by atoms with Gasteiger partial charge in [-0.15, -0.1) is 0 Å². The van der Waals surface area contributed by atoms with E-state index in [0.29, 0.717) is 0 Å². The summed E-state index contributed by atoms with van der Waals surface area (Å²) < 4.78 is 0. The average Bonchev–Trinajstić information content (AvgIpc) is 2.39. The van der Waals surface area contributed by atoms with Crippen LogP contribution in [0.4, 0.5) is 11.4 Å². The van der Waals surface area contributed by atoms with Crippen LogP contribution in [0.15, 0.2) is 36.0 Å². The van der Waals surface area contributed by atoms with Crippen molar-refractivity contribution in [2.45, 2.75) is 13.8 Å². The molecule has 3 heteroatoms. The molecule has 1 aliphatic rings. The predicted molar refractivity (Wildman–Crippen MR) is 74.1 cm³/mol. The van der Waals surface area contributed by atoms with E-state index in [1.807, 2.05) is 12.1 Å². The molecule has 0 spiro atoms. The van der Waals surface area contributed by atoms with Gasteiger partial charge in [0.25, 0.3) is 0 Å². The zero-order valence-electron chi connectivity index (χ0n) is 10.7. The molecule has 2 rings (SSSR count). The summed E-state index contributed by atoms with van der Waals surface area (Å²) >= 11 is 0. The van der Waals surface area contributed by atoms with Crippen molar-refractivity contribution in [3.05, 3.63) is 36.0 Å². The van der Waals surface area contributed by atoms with Gasteiger partial charge in [0, 0.05) is 43.3 Å². The standard InChI is InChI=1S/C14H21N3/c1-3-12(2)16-8-10-17(11-9-16)14-6-4-13(15)5-7-14/h3-7H,8-11,15H2,1-2H3/b12-3+. The predicted octanol–water partition coefficient (Wildman–Crippen LogP) is 2.31. The summed E-state index contributed by atoms with van der Waals surface area (Å²) in [5, 5.41) is 0. The van der Waals surface area contributed by atoms with Crippen molar-refractivity contribution in [2.24, 2.45) is 0 Å². The van der Waals surface area contributed by atoms with Crippen LogP contribution in [-0.2, 0) is 0 Å². The fourth-order valence-corrected chi connectivity index (χ4v) is 2.19. The number of hydrogen-bond donors (Lipinski definition) is 1. The molecule has 1 aromatic carbocycles. The lowest BCUT2D eigenvalue weighted by atomic mass is 10.2. The molecular weight excluding hydrogens is 210 g/mol. The lowest BCUT2D eigenvalue weighted by Gasteiger charge is -2.37. The Morgan fingerprint density at radius 1 is 1.12 bits per heavy atom. The third-order valence-corrected chi connectivity index (χ3v) is 3.45. The first-order valence-electron chi connectivity index (χ1n) is 6.19. The molecule has 2 N–H and O–H groups in total. The van der Waals surface area contributed by atoms with Crippen molar-refractivity contribution in [2.75, 3.05) is 36.8 Å². The molecule has 1 fully saturated rings. The monoisotopic (exact) mass is 231 g/mol. The molecular formula is C14H21N3. The Morgan fingerprint density at radius 3 is 2.24 bits per heavy atom. The lowest BCUT2D eigenvalue weighted by molar-refractivity contribution is 0.321. The Balaban J connectivity index is 1.97. The van der Waals surface area contributed by atoms with Gasteiger partial charge in [0.2, 0.25) is 0 Å². The summed E-state index contributed by atoms with van der Waals surface area (Å²) in [7, 11) is 0. The third-order valence-electron chi connectivity index (χ3n) is 3.45. The number of nitrogen functional groups attached to an aromatic ring is 1. The summed E-state index contributed by atoms with van der Waals surface area (Å²) in [6, 6.07) is 8.15. The highest BCUT2D eigenvalue weighted by Gasteiger charge is 2.16. The molecule has 0 atom stereocenters. The van der Waals surface area contributed by atoms with Gasteiger partial charge in [-0.1, -0.05) is 6.08 Å². The Morgan fingerprint density at radius 2 is 1.71 bits per heavy atom. The van der Waals surface area contributed by atoms with Crippen molar-refractivity contribution in [1.29, 1.82) is 0 Å². The van der Waals surface area contributed by atoms with Gasteiger partial charge in [-0.3, -0.25) is 0 Å². The second kappa shape index (κ2) is 5.13. The molecule has 1 heterocycles. The minimum atomic E-state index is 0.831. The SMILES string of the molecule is C/C=C(\C)N1CCN(c2ccc(N)cc2)CC1. The zero-order chi connectivity index (χ0) is 12.3. The fraction of sp³-hybridized carbons (Fsp3) is 0.429. The molecule has 1 aliphatic heterocycles. The van der Waals surface area contributed by atoms with E-state index in [9.17, 15) is 0 Å². The van der Waals surface area contributed by atoms with Crippen LogP contribution in [-0.4, -0.2) is 31.1 Å². The highest BCUT2D eigenvalue weighted by molar-refractivity contribution is 5.53. The summed E-state index contributed by atoms with van der Waals surface area (Å²) in [5.74, 6) is 0. The van der Waals surface area contributed by atoms with Crippen molar-refractivity contribution in [3.8, 4) is 0 Å². The molecule has 92 valence electrons. The van der Waals surface area contributed by atoms with Crippen LogP contribution in [0.2, 0.25) is 0 Å². The molecule has 0 unspecified atom stereocenters. The Labute approximate surface area is 104 Å². The molecule has 1 saturated heterocycles. The van der Waals surface area contributed by atoms with E-state index >= 15 is 0 Å². The molecule has 0 aromatic heterocycles. The maximum absolute atomic E-state index is 5.70. The van der Waals surface area contributed by atoms with Gasteiger partial charge < -0.3 is 15.5 Å². The molecule has 0 amide bonds. The van der Waals surface area contributed by atoms with Crippen LogP contribution in [0, 0.1) is 0 Å². The van der Waals surface area contributed by atoms with Crippen molar-refractivity contribution in [3.63, 3.8) is 0 Å². The minimum Gasteiger partial charge on any atom is -0.399 e. The minimum absolute atomic E-state index is 0.831. The number of rotatable bonds is 2. The highest BCUT2D eigenvalue weighted by atomic mass is 15.3. The van der Waals surface area contributed by atoms with Crippen LogP contribution >= 0.6 is 0 Å². The zero-order valence-corrected chi connectivity index (χ0v) is 10.7. The second-order valence-corrected chi connectivity index (χ2v) is 4.50. The second-order valence-electron chi connectivity index (χ2n) is 4.50. The molecule has 0 radical (unpaired) electrons. The molecule has 17 heavy (non-hydrogen) atoms. The van der Waals surface area contributed by atoms with E-state index in [4.69, 9.17) is 5.73 Å². The maximum Gasteiger partial charge on any atom is 0.0368 e. The van der Waals surface area contributed by atoms with Gasteiger partial charge in [0.15, 0.2) is 0 Å². The topological polar surface area (TPSA) is 32.5 Å². The number of nitrogens with zero attached hydrogens (tertiary/aromatic N) is 2. The highest BCUT2D eigenvalue weighted by Crippen LogP contribution is 2.19. The van der Waals surface area contributed by atoms with Gasteiger partial charge >= 0.3 is 0 Å². The number of piperazine rings is 1. The van der Waals surface area contributed by atoms with Gasteiger partial charge in [-0.05, 0) is 38.1 Å². The maximum atomic E-state index is 5.70. The number of anilines is 2. The molecule has 0 saturated carbocycles. The van der Waals surface area contributed by atoms with Gasteiger partial charge in [-0.25, -0.2) is 0 Å². The van der Waals surface area contributed by atoms with E-state index in [1.54, 1.807) is 0 Å². The number of nitrogens with two attached hydrogens (primary N) is 1. The summed E-state index contributed by atoms with van der Waals surface area (Å²) in [5.41, 5.74) is 9.18. The Hall–Kier alpha value is -1.64. The summed E-state index contributed by atoms with van der Waals surface area (Å²) in [6.07, 6.45) is 2.18. The van der Waals surface area contributed by atoms with Gasteiger partial charge in [0.05, 0.1) is 0 Å². The normalized spacial score (nSPS) is 17.4. The Bertz CT molecular complexity index is 386. The smallest absolute Gasteiger partial charge is 0.0368 e. The quantitative estimate of drug-likeness (QED) is 0.793. The molecule has 1 aromatic rings. The van der Waals surface area contributed by atoms with E-state index in [0.717, 1.165) is 31.9 Å². The first-order valence-corrected chi connectivity index (χ1v) is 6.19. The van der Waals surface area contributed by atoms with Crippen LogP contribution < -0.4 is 10.6 Å². The average molecular weight is 231 g/mol. The summed E-state index contributed by atoms with van der Waals surface area (Å²) in [6.45, 7) is 8.63. The Kier molecular flexibility index (Phi) is 3.57. The van der Waals surface area contributed by atoms with E-state index in [2.05, 4.69) is 41.9 Å². The summed E-state index contributed by atoms with van der Waals surface area (Å²) in [4.78, 5) is 4.85. The van der Waals surface area contributed by atoms with Crippen LogP contribution in [0.3, 0.4) is 0 Å². The van der Waals surface area contributed by atoms with Crippen LogP contribution in [0.1, 0.15) is 13.8 Å². The van der Waals surface area contributed by atoms with Crippen molar-refractivity contribution < 1.29 is 0 Å². The van der Waals surface area contributed by atoms with E-state index in [1.165, 1.54) is 11.4 Å². The van der Waals surface area contributed by atoms with Gasteiger partial charge in [-0.2, -0.15) is 0 Å². The lowest BCUT2D eigenvalue weighted by Crippen LogP contribution is -2.45. The fourth-order valence-electron chi connectivity index (χ4n) is 2.19. The molecule has 0 aliphatic carbocycles. The van der Waals surface area contributed by atoms with E-state index < -0.39 is 0 Å². The molecule has 3 nitrogen and oxygen atoms in total. The molecule has 0 bridgehead atoms. The van der Waals surface area contributed by atoms with Crippen molar-refractivity contribution in [1.82, 2.24) is 4.90 Å². The number of hydrogen-bond acceptors (Lipinski definition) is 3. The van der Waals surface area contributed by atoms with Crippen molar-refractivity contribution >= 4 is 11.4 Å². The number of allylic oxidation sites excluding steroid dienone is 2. The van der Waals surface area contributed by atoms with E-state index in [-0.39, 0.29) is 0 Å².